The predicted octanol–water partition coefficient (Wildman–Crippen LogP) is 3.82. The van der Waals surface area contributed by atoms with Crippen LogP contribution in [-0.2, 0) is 0 Å². The van der Waals surface area contributed by atoms with Crippen molar-refractivity contribution in [3.8, 4) is 11.8 Å². The van der Waals surface area contributed by atoms with Crippen LogP contribution in [0.4, 0.5) is 0 Å². The van der Waals surface area contributed by atoms with E-state index in [1.54, 1.807) is 0 Å². The van der Waals surface area contributed by atoms with Gasteiger partial charge in [-0.2, -0.15) is 5.26 Å². The molecule has 1 aliphatic carbocycles. The summed E-state index contributed by atoms with van der Waals surface area (Å²) in [6.45, 7) is 5.92. The Hall–Kier alpha value is -1.53. The van der Waals surface area contributed by atoms with Crippen molar-refractivity contribution >= 4 is 0 Å². The van der Waals surface area contributed by atoms with Crippen LogP contribution in [0.2, 0.25) is 0 Å². The number of rotatable bonds is 8. The number of nitrogens with one attached hydrogen (secondary N) is 1. The van der Waals surface area contributed by atoms with Gasteiger partial charge in [-0.15, -0.1) is 0 Å². The molecule has 1 saturated carbocycles. The highest BCUT2D eigenvalue weighted by atomic mass is 16.5. The van der Waals surface area contributed by atoms with E-state index >= 15 is 0 Å². The summed E-state index contributed by atoms with van der Waals surface area (Å²) in [5.41, 5.74) is 1.35. The highest BCUT2D eigenvalue weighted by Crippen LogP contribution is 2.49. The van der Waals surface area contributed by atoms with E-state index in [0.29, 0.717) is 19.1 Å². The maximum Gasteiger partial charge on any atom is 0.124 e. The molecule has 1 fully saturated rings. The summed E-state index contributed by atoms with van der Waals surface area (Å²) in [4.78, 5) is 0. The lowest BCUT2D eigenvalue weighted by Crippen LogP contribution is -2.21. The first kappa shape index (κ1) is 14.9. The zero-order valence-corrected chi connectivity index (χ0v) is 12.5. The fourth-order valence-corrected chi connectivity index (χ4v) is 2.57. The number of ether oxygens (including phenoxy) is 1. The lowest BCUT2D eigenvalue weighted by Gasteiger charge is -2.21. The van der Waals surface area contributed by atoms with E-state index in [2.05, 4.69) is 37.4 Å². The van der Waals surface area contributed by atoms with Crippen molar-refractivity contribution in [2.75, 3.05) is 13.2 Å². The molecule has 0 saturated heterocycles. The van der Waals surface area contributed by atoms with Crippen molar-refractivity contribution in [2.45, 2.75) is 45.6 Å². The van der Waals surface area contributed by atoms with E-state index in [0.717, 1.165) is 31.6 Å². The van der Waals surface area contributed by atoms with E-state index in [1.807, 2.05) is 12.1 Å². The highest BCUT2D eigenvalue weighted by molar-refractivity contribution is 5.36. The number of hydrogen-bond acceptors (Lipinski definition) is 3. The molecule has 1 unspecified atom stereocenters. The summed E-state index contributed by atoms with van der Waals surface area (Å²) in [5.74, 6) is 0.963. The van der Waals surface area contributed by atoms with Crippen LogP contribution < -0.4 is 10.1 Å². The fraction of sp³-hybridized carbons (Fsp3) is 0.588. The third-order valence-electron chi connectivity index (χ3n) is 4.10. The van der Waals surface area contributed by atoms with Crippen molar-refractivity contribution in [2.24, 2.45) is 5.41 Å². The van der Waals surface area contributed by atoms with Gasteiger partial charge >= 0.3 is 0 Å². The van der Waals surface area contributed by atoms with Crippen molar-refractivity contribution in [1.82, 2.24) is 5.32 Å². The summed E-state index contributed by atoms with van der Waals surface area (Å²) < 4.78 is 6.06. The second-order valence-electron chi connectivity index (χ2n) is 5.68. The molecule has 0 spiro atoms. The topological polar surface area (TPSA) is 45.0 Å². The van der Waals surface area contributed by atoms with Crippen LogP contribution in [0.3, 0.4) is 0 Å². The molecular weight excluding hydrogens is 248 g/mol. The average molecular weight is 272 g/mol. The average Bonchev–Trinajstić information content (AvgIpc) is 3.24. The van der Waals surface area contributed by atoms with E-state index in [1.165, 1.54) is 5.56 Å². The standard InChI is InChI=1S/C17H24N2O/c1-3-15(19-4-2)14-7-5-6-8-16(14)20-13-17(9-10-17)11-12-18/h5-8,15,19H,3-4,9-11,13H2,1-2H3. The largest absolute Gasteiger partial charge is 0.493 e. The van der Waals surface area contributed by atoms with Crippen molar-refractivity contribution in [1.29, 1.82) is 5.26 Å². The first-order valence-electron chi connectivity index (χ1n) is 7.56. The van der Waals surface area contributed by atoms with Crippen LogP contribution in [0.25, 0.3) is 0 Å². The Morgan fingerprint density at radius 1 is 1.35 bits per heavy atom. The monoisotopic (exact) mass is 272 g/mol. The van der Waals surface area contributed by atoms with Gasteiger partial charge < -0.3 is 10.1 Å². The summed E-state index contributed by atoms with van der Waals surface area (Å²) in [6, 6.07) is 10.9. The minimum Gasteiger partial charge on any atom is -0.493 e. The minimum atomic E-state index is 0.127. The van der Waals surface area contributed by atoms with E-state index in [4.69, 9.17) is 10.00 Å². The molecule has 0 aromatic heterocycles. The quantitative estimate of drug-likeness (QED) is 0.782. The SMILES string of the molecule is CCNC(CC)c1ccccc1OCC1(CC#N)CC1. The van der Waals surface area contributed by atoms with Gasteiger partial charge in [0, 0.05) is 23.4 Å². The van der Waals surface area contributed by atoms with Gasteiger partial charge in [-0.3, -0.25) is 0 Å². The molecule has 1 atom stereocenters. The molecule has 3 heteroatoms. The summed E-state index contributed by atoms with van der Waals surface area (Å²) in [7, 11) is 0. The maximum absolute atomic E-state index is 8.87. The molecule has 3 nitrogen and oxygen atoms in total. The number of nitriles is 1. The molecular formula is C17H24N2O. The second-order valence-corrected chi connectivity index (χ2v) is 5.68. The van der Waals surface area contributed by atoms with Crippen molar-refractivity contribution in [3.63, 3.8) is 0 Å². The Labute approximate surface area is 121 Å². The number of nitrogens with zero attached hydrogens (tertiary/aromatic N) is 1. The molecule has 0 amide bonds. The smallest absolute Gasteiger partial charge is 0.124 e. The van der Waals surface area contributed by atoms with Crippen LogP contribution in [0.15, 0.2) is 24.3 Å². The van der Waals surface area contributed by atoms with Gasteiger partial charge in [-0.25, -0.2) is 0 Å². The van der Waals surface area contributed by atoms with Gasteiger partial charge in [0.2, 0.25) is 0 Å². The highest BCUT2D eigenvalue weighted by Gasteiger charge is 2.43. The zero-order valence-electron chi connectivity index (χ0n) is 12.5. The van der Waals surface area contributed by atoms with Gasteiger partial charge in [0.25, 0.3) is 0 Å². The molecule has 1 aliphatic rings. The third kappa shape index (κ3) is 3.52. The molecule has 108 valence electrons. The first-order chi connectivity index (χ1) is 9.74. The fourth-order valence-electron chi connectivity index (χ4n) is 2.57. The minimum absolute atomic E-state index is 0.127. The molecule has 2 rings (SSSR count). The van der Waals surface area contributed by atoms with Gasteiger partial charge in [0.05, 0.1) is 12.7 Å². The molecule has 0 radical (unpaired) electrons. The first-order valence-corrected chi connectivity index (χ1v) is 7.56. The number of para-hydroxylation sites is 1. The Bertz CT molecular complexity index is 474. The molecule has 0 aliphatic heterocycles. The Morgan fingerprint density at radius 2 is 2.10 bits per heavy atom. The summed E-state index contributed by atoms with van der Waals surface area (Å²) in [6.07, 6.45) is 3.89. The summed E-state index contributed by atoms with van der Waals surface area (Å²) in [5, 5.41) is 12.4. The van der Waals surface area contributed by atoms with Gasteiger partial charge in [0.15, 0.2) is 0 Å². The van der Waals surface area contributed by atoms with Crippen LogP contribution in [0.1, 0.15) is 51.1 Å². The Kier molecular flexibility index (Phi) is 5.03. The Balaban J connectivity index is 2.06. The number of benzene rings is 1. The van der Waals surface area contributed by atoms with Gasteiger partial charge in [-0.1, -0.05) is 32.0 Å². The van der Waals surface area contributed by atoms with Crippen LogP contribution >= 0.6 is 0 Å². The van der Waals surface area contributed by atoms with Crippen LogP contribution in [0.5, 0.6) is 5.75 Å². The van der Waals surface area contributed by atoms with E-state index in [-0.39, 0.29) is 5.41 Å². The molecule has 0 heterocycles. The van der Waals surface area contributed by atoms with Crippen molar-refractivity contribution < 1.29 is 4.74 Å². The van der Waals surface area contributed by atoms with Crippen LogP contribution in [0, 0.1) is 16.7 Å². The molecule has 20 heavy (non-hydrogen) atoms. The number of hydrogen-bond donors (Lipinski definition) is 1. The van der Waals surface area contributed by atoms with E-state index < -0.39 is 0 Å². The predicted molar refractivity (Wildman–Crippen MR) is 80.5 cm³/mol. The van der Waals surface area contributed by atoms with Crippen molar-refractivity contribution in [3.05, 3.63) is 29.8 Å². The third-order valence-corrected chi connectivity index (χ3v) is 4.10. The normalized spacial score (nSPS) is 17.2. The molecule has 0 bridgehead atoms. The lowest BCUT2D eigenvalue weighted by atomic mass is 10.0. The van der Waals surface area contributed by atoms with Gasteiger partial charge in [-0.05, 0) is 31.9 Å². The maximum atomic E-state index is 8.87. The lowest BCUT2D eigenvalue weighted by molar-refractivity contribution is 0.233. The van der Waals surface area contributed by atoms with Crippen LogP contribution in [-0.4, -0.2) is 13.2 Å². The summed E-state index contributed by atoms with van der Waals surface area (Å²) >= 11 is 0. The molecule has 1 aromatic rings. The zero-order chi connectivity index (χ0) is 14.4. The molecule has 1 aromatic carbocycles. The van der Waals surface area contributed by atoms with Gasteiger partial charge in [0.1, 0.15) is 5.75 Å². The Morgan fingerprint density at radius 3 is 2.70 bits per heavy atom. The second kappa shape index (κ2) is 6.76. The molecule has 1 N–H and O–H groups in total. The van der Waals surface area contributed by atoms with E-state index in [9.17, 15) is 0 Å².